The highest BCUT2D eigenvalue weighted by Gasteiger charge is 2.24. The molecule has 0 aliphatic heterocycles. The summed E-state index contributed by atoms with van der Waals surface area (Å²) in [5, 5.41) is 0. The third-order valence-corrected chi connectivity index (χ3v) is 5.01. The third kappa shape index (κ3) is 3.35. The van der Waals surface area contributed by atoms with Crippen LogP contribution in [0.2, 0.25) is 0 Å². The normalized spacial score (nSPS) is 12.4. The van der Waals surface area contributed by atoms with Crippen molar-refractivity contribution in [3.05, 3.63) is 46.8 Å². The van der Waals surface area contributed by atoms with Crippen LogP contribution in [0.25, 0.3) is 10.4 Å². The van der Waals surface area contributed by atoms with Crippen LogP contribution in [0.1, 0.15) is 48.3 Å². The average molecular weight is 302 g/mol. The van der Waals surface area contributed by atoms with Crippen molar-refractivity contribution >= 4 is 17.3 Å². The van der Waals surface area contributed by atoms with Crippen LogP contribution in [0, 0.1) is 5.92 Å². The van der Waals surface area contributed by atoms with Gasteiger partial charge in [0.25, 0.3) is 0 Å². The highest BCUT2D eigenvalue weighted by Crippen LogP contribution is 2.39. The van der Waals surface area contributed by atoms with Crippen molar-refractivity contribution in [3.8, 4) is 10.4 Å². The Labute approximate surface area is 130 Å². The van der Waals surface area contributed by atoms with Gasteiger partial charge in [0.1, 0.15) is 4.88 Å². The minimum absolute atomic E-state index is 0.226. The van der Waals surface area contributed by atoms with E-state index < -0.39 is 0 Å². The van der Waals surface area contributed by atoms with Gasteiger partial charge in [0.05, 0.1) is 7.11 Å². The first kappa shape index (κ1) is 15.8. The number of carbonyl (C=O) groups excluding carboxylic acids is 1. The second-order valence-corrected chi connectivity index (χ2v) is 6.56. The summed E-state index contributed by atoms with van der Waals surface area (Å²) in [4.78, 5) is 14.0. The standard InChI is InChI=1S/C18H22O2S/c1-5-14(12(2)3)15-11-16(13-9-7-6-8-10-13)21-17(15)18(19)20-4/h6-12,14H,5H2,1-4H3. The molecule has 112 valence electrons. The Hall–Kier alpha value is -1.61. The molecule has 2 nitrogen and oxygen atoms in total. The summed E-state index contributed by atoms with van der Waals surface area (Å²) in [6, 6.07) is 12.4. The van der Waals surface area contributed by atoms with Crippen LogP contribution in [-0.2, 0) is 4.74 Å². The van der Waals surface area contributed by atoms with E-state index in [1.807, 2.05) is 18.2 Å². The predicted octanol–water partition coefficient (Wildman–Crippen LogP) is 5.35. The van der Waals surface area contributed by atoms with E-state index in [2.05, 4.69) is 39.0 Å². The number of ether oxygens (including phenoxy) is 1. The Morgan fingerprint density at radius 2 is 1.90 bits per heavy atom. The van der Waals surface area contributed by atoms with Crippen molar-refractivity contribution in [2.75, 3.05) is 7.11 Å². The van der Waals surface area contributed by atoms with Crippen molar-refractivity contribution in [2.45, 2.75) is 33.1 Å². The lowest BCUT2D eigenvalue weighted by molar-refractivity contribution is 0.0604. The maximum atomic E-state index is 12.1. The number of hydrogen-bond donors (Lipinski definition) is 0. The number of benzene rings is 1. The zero-order chi connectivity index (χ0) is 15.4. The molecule has 0 saturated heterocycles. The minimum Gasteiger partial charge on any atom is -0.465 e. The summed E-state index contributed by atoms with van der Waals surface area (Å²) in [5.41, 5.74) is 2.28. The number of thiophene rings is 1. The lowest BCUT2D eigenvalue weighted by Gasteiger charge is -2.19. The van der Waals surface area contributed by atoms with Gasteiger partial charge in [-0.2, -0.15) is 0 Å². The van der Waals surface area contributed by atoms with E-state index in [0.29, 0.717) is 11.8 Å². The highest BCUT2D eigenvalue weighted by atomic mass is 32.1. The summed E-state index contributed by atoms with van der Waals surface area (Å²) in [6.45, 7) is 6.58. The first-order valence-corrected chi connectivity index (χ1v) is 8.17. The lowest BCUT2D eigenvalue weighted by atomic mass is 9.86. The number of methoxy groups -OCH3 is 1. The van der Waals surface area contributed by atoms with Gasteiger partial charge in [0, 0.05) is 4.88 Å². The second-order valence-electron chi connectivity index (χ2n) is 5.51. The SMILES string of the molecule is CCC(c1cc(-c2ccccc2)sc1C(=O)OC)C(C)C. The van der Waals surface area contributed by atoms with Gasteiger partial charge in [-0.1, -0.05) is 51.1 Å². The summed E-state index contributed by atoms with van der Waals surface area (Å²) in [6.07, 6.45) is 1.02. The molecule has 1 aromatic heterocycles. The molecule has 0 radical (unpaired) electrons. The molecule has 1 unspecified atom stereocenters. The minimum atomic E-state index is -0.226. The zero-order valence-electron chi connectivity index (χ0n) is 13.1. The molecule has 2 aromatic rings. The molecule has 1 aromatic carbocycles. The molecular weight excluding hydrogens is 280 g/mol. The molecule has 1 heterocycles. The molecule has 0 aliphatic carbocycles. The summed E-state index contributed by atoms with van der Waals surface area (Å²) < 4.78 is 4.97. The van der Waals surface area contributed by atoms with Crippen LogP contribution in [0.3, 0.4) is 0 Å². The number of esters is 1. The fourth-order valence-corrected chi connectivity index (χ4v) is 3.88. The second kappa shape index (κ2) is 6.90. The van der Waals surface area contributed by atoms with Gasteiger partial charge in [-0.05, 0) is 35.4 Å². The van der Waals surface area contributed by atoms with E-state index in [4.69, 9.17) is 4.74 Å². The van der Waals surface area contributed by atoms with Gasteiger partial charge < -0.3 is 4.74 Å². The van der Waals surface area contributed by atoms with E-state index in [9.17, 15) is 4.79 Å². The van der Waals surface area contributed by atoms with Crippen LogP contribution in [-0.4, -0.2) is 13.1 Å². The third-order valence-electron chi connectivity index (χ3n) is 3.83. The molecule has 2 rings (SSSR count). The first-order chi connectivity index (χ1) is 10.1. The Balaban J connectivity index is 2.52. The maximum absolute atomic E-state index is 12.1. The van der Waals surface area contributed by atoms with E-state index in [0.717, 1.165) is 27.3 Å². The summed E-state index contributed by atoms with van der Waals surface area (Å²) in [7, 11) is 1.45. The number of hydrogen-bond acceptors (Lipinski definition) is 3. The fraction of sp³-hybridized carbons (Fsp3) is 0.389. The van der Waals surface area contributed by atoms with Gasteiger partial charge in [0.15, 0.2) is 0 Å². The molecule has 0 saturated carbocycles. The predicted molar refractivity (Wildman–Crippen MR) is 89.0 cm³/mol. The van der Waals surface area contributed by atoms with E-state index in [1.165, 1.54) is 18.4 Å². The van der Waals surface area contributed by atoms with Gasteiger partial charge in [0.2, 0.25) is 0 Å². The van der Waals surface area contributed by atoms with Crippen LogP contribution in [0.5, 0.6) is 0 Å². The van der Waals surface area contributed by atoms with E-state index in [-0.39, 0.29) is 5.97 Å². The lowest BCUT2D eigenvalue weighted by Crippen LogP contribution is -2.10. The molecular formula is C18H22O2S. The molecule has 3 heteroatoms. The van der Waals surface area contributed by atoms with E-state index in [1.54, 1.807) is 0 Å². The Morgan fingerprint density at radius 3 is 2.43 bits per heavy atom. The molecule has 1 atom stereocenters. The first-order valence-electron chi connectivity index (χ1n) is 7.35. The number of carbonyl (C=O) groups is 1. The highest BCUT2D eigenvalue weighted by molar-refractivity contribution is 7.17. The van der Waals surface area contributed by atoms with Crippen LogP contribution in [0.4, 0.5) is 0 Å². The van der Waals surface area contributed by atoms with Crippen molar-refractivity contribution in [3.63, 3.8) is 0 Å². The molecule has 0 spiro atoms. The van der Waals surface area contributed by atoms with Gasteiger partial charge in [-0.25, -0.2) is 4.79 Å². The zero-order valence-corrected chi connectivity index (χ0v) is 13.9. The molecule has 0 aliphatic rings. The largest absolute Gasteiger partial charge is 0.465 e. The van der Waals surface area contributed by atoms with Crippen molar-refractivity contribution in [1.82, 2.24) is 0 Å². The topological polar surface area (TPSA) is 26.3 Å². The van der Waals surface area contributed by atoms with Gasteiger partial charge in [-0.15, -0.1) is 11.3 Å². The molecule has 0 amide bonds. The molecule has 0 N–H and O–H groups in total. The number of rotatable bonds is 5. The van der Waals surface area contributed by atoms with Crippen LogP contribution >= 0.6 is 11.3 Å². The van der Waals surface area contributed by atoms with Gasteiger partial charge in [-0.3, -0.25) is 0 Å². The van der Waals surface area contributed by atoms with Crippen molar-refractivity contribution in [2.24, 2.45) is 5.92 Å². The van der Waals surface area contributed by atoms with Crippen LogP contribution in [0.15, 0.2) is 36.4 Å². The van der Waals surface area contributed by atoms with Gasteiger partial charge >= 0.3 is 5.97 Å². The monoisotopic (exact) mass is 302 g/mol. The molecule has 21 heavy (non-hydrogen) atoms. The quantitative estimate of drug-likeness (QED) is 0.696. The Morgan fingerprint density at radius 1 is 1.24 bits per heavy atom. The Kier molecular flexibility index (Phi) is 5.18. The van der Waals surface area contributed by atoms with E-state index >= 15 is 0 Å². The smallest absolute Gasteiger partial charge is 0.348 e. The van der Waals surface area contributed by atoms with Crippen molar-refractivity contribution in [1.29, 1.82) is 0 Å². The average Bonchev–Trinajstić information content (AvgIpc) is 2.92. The molecule has 0 fully saturated rings. The summed E-state index contributed by atoms with van der Waals surface area (Å²) >= 11 is 1.53. The fourth-order valence-electron chi connectivity index (χ4n) is 2.73. The summed E-state index contributed by atoms with van der Waals surface area (Å²) in [5.74, 6) is 0.653. The van der Waals surface area contributed by atoms with Crippen molar-refractivity contribution < 1.29 is 9.53 Å². The molecule has 0 bridgehead atoms. The van der Waals surface area contributed by atoms with Crippen LogP contribution < -0.4 is 0 Å². The maximum Gasteiger partial charge on any atom is 0.348 e. The Bertz CT molecular complexity index is 599.